The molecular formula is C16H15N3O2S. The van der Waals surface area contributed by atoms with Gasteiger partial charge in [0.2, 0.25) is 5.91 Å². The lowest BCUT2D eigenvalue weighted by atomic mass is 10.1. The molecule has 0 aliphatic rings. The van der Waals surface area contributed by atoms with E-state index < -0.39 is 5.91 Å². The summed E-state index contributed by atoms with van der Waals surface area (Å²) in [5, 5.41) is 2.56. The zero-order chi connectivity index (χ0) is 15.8. The van der Waals surface area contributed by atoms with Crippen molar-refractivity contribution in [3.8, 4) is 0 Å². The van der Waals surface area contributed by atoms with E-state index >= 15 is 0 Å². The van der Waals surface area contributed by atoms with Crippen LogP contribution >= 0.6 is 12.2 Å². The van der Waals surface area contributed by atoms with Crippen molar-refractivity contribution in [2.45, 2.75) is 6.42 Å². The van der Waals surface area contributed by atoms with E-state index in [-0.39, 0.29) is 17.3 Å². The Morgan fingerprint density at radius 2 is 1.50 bits per heavy atom. The van der Waals surface area contributed by atoms with Gasteiger partial charge in [0, 0.05) is 5.56 Å². The van der Waals surface area contributed by atoms with E-state index in [1.54, 1.807) is 24.3 Å². The summed E-state index contributed by atoms with van der Waals surface area (Å²) in [5.74, 6) is -0.710. The van der Waals surface area contributed by atoms with E-state index in [9.17, 15) is 9.59 Å². The van der Waals surface area contributed by atoms with Gasteiger partial charge in [-0.2, -0.15) is 0 Å². The predicted molar refractivity (Wildman–Crippen MR) is 89.3 cm³/mol. The first-order valence-electron chi connectivity index (χ1n) is 6.64. The number of hydrazine groups is 1. The van der Waals surface area contributed by atoms with Crippen molar-refractivity contribution in [1.29, 1.82) is 0 Å². The minimum atomic E-state index is -0.457. The number of rotatable bonds is 5. The van der Waals surface area contributed by atoms with Gasteiger partial charge in [-0.25, -0.2) is 0 Å². The zero-order valence-corrected chi connectivity index (χ0v) is 12.5. The predicted octanol–water partition coefficient (Wildman–Crippen LogP) is 2.28. The van der Waals surface area contributed by atoms with Gasteiger partial charge in [-0.1, -0.05) is 48.5 Å². The van der Waals surface area contributed by atoms with Crippen LogP contribution in [0.2, 0.25) is 0 Å². The van der Waals surface area contributed by atoms with Crippen LogP contribution in [-0.2, 0) is 4.79 Å². The highest BCUT2D eigenvalue weighted by molar-refractivity contribution is 7.80. The molecule has 0 saturated heterocycles. The van der Waals surface area contributed by atoms with E-state index in [1.807, 2.05) is 36.4 Å². The maximum Gasteiger partial charge on any atom is 0.233 e. The average molecular weight is 313 g/mol. The van der Waals surface area contributed by atoms with Gasteiger partial charge in [-0.05, 0) is 24.4 Å². The molecule has 0 spiro atoms. The molecule has 0 aromatic heterocycles. The van der Waals surface area contributed by atoms with Gasteiger partial charge in [0.25, 0.3) is 0 Å². The van der Waals surface area contributed by atoms with Crippen LogP contribution < -0.4 is 16.2 Å². The van der Waals surface area contributed by atoms with E-state index in [4.69, 9.17) is 12.2 Å². The van der Waals surface area contributed by atoms with E-state index in [2.05, 4.69) is 16.2 Å². The Morgan fingerprint density at radius 1 is 0.909 bits per heavy atom. The highest BCUT2D eigenvalue weighted by Crippen LogP contribution is 2.03. The fraction of sp³-hybridized carbons (Fsp3) is 0.0625. The molecule has 0 radical (unpaired) electrons. The first-order valence-corrected chi connectivity index (χ1v) is 7.05. The summed E-state index contributed by atoms with van der Waals surface area (Å²) in [6, 6.07) is 18.0. The van der Waals surface area contributed by atoms with Crippen LogP contribution in [-0.4, -0.2) is 16.8 Å². The lowest BCUT2D eigenvalue weighted by Crippen LogP contribution is -2.42. The number of nitrogens with one attached hydrogen (secondary N) is 3. The summed E-state index contributed by atoms with van der Waals surface area (Å²) in [4.78, 5) is 23.6. The van der Waals surface area contributed by atoms with Crippen LogP contribution in [0.3, 0.4) is 0 Å². The van der Waals surface area contributed by atoms with Gasteiger partial charge in [0.05, 0.1) is 12.1 Å². The second-order valence-corrected chi connectivity index (χ2v) is 4.87. The fourth-order valence-electron chi connectivity index (χ4n) is 1.72. The standard InChI is InChI=1S/C16H15N3O2S/c20-14(12-7-3-1-4-8-12)11-15(21)17-16(22)19-18-13-9-5-2-6-10-13/h1-10,18H,11H2,(H2,17,19,21,22). The summed E-state index contributed by atoms with van der Waals surface area (Å²) in [5.41, 5.74) is 6.83. The molecule has 2 rings (SSSR count). The summed E-state index contributed by atoms with van der Waals surface area (Å²) >= 11 is 4.98. The van der Waals surface area contributed by atoms with Gasteiger partial charge in [-0.3, -0.25) is 20.4 Å². The number of ketones is 1. The molecule has 22 heavy (non-hydrogen) atoms. The molecule has 0 atom stereocenters. The smallest absolute Gasteiger partial charge is 0.233 e. The molecule has 0 aliphatic heterocycles. The van der Waals surface area contributed by atoms with Crippen LogP contribution in [0.5, 0.6) is 0 Å². The number of carbonyl (C=O) groups is 2. The quantitative estimate of drug-likeness (QED) is 0.342. The molecule has 5 nitrogen and oxygen atoms in total. The fourth-order valence-corrected chi connectivity index (χ4v) is 1.89. The molecule has 3 N–H and O–H groups in total. The van der Waals surface area contributed by atoms with Crippen LogP contribution in [0.25, 0.3) is 0 Å². The molecule has 2 aromatic carbocycles. The summed E-state index contributed by atoms with van der Waals surface area (Å²) < 4.78 is 0. The van der Waals surface area contributed by atoms with E-state index in [0.29, 0.717) is 5.56 Å². The number of hydrogen-bond acceptors (Lipinski definition) is 4. The van der Waals surface area contributed by atoms with Crippen LogP contribution in [0, 0.1) is 0 Å². The first kappa shape index (κ1) is 15.7. The third-order valence-corrected chi connectivity index (χ3v) is 2.97. The largest absolute Gasteiger partial charge is 0.301 e. The lowest BCUT2D eigenvalue weighted by Gasteiger charge is -2.11. The van der Waals surface area contributed by atoms with Gasteiger partial charge >= 0.3 is 0 Å². The van der Waals surface area contributed by atoms with Crippen molar-refractivity contribution < 1.29 is 9.59 Å². The van der Waals surface area contributed by atoms with Crippen molar-refractivity contribution in [1.82, 2.24) is 10.7 Å². The Labute approximate surface area is 133 Å². The number of Topliss-reactive ketones (excluding diaryl/α,β-unsaturated/α-hetero) is 1. The maximum atomic E-state index is 11.9. The Balaban J connectivity index is 1.77. The third kappa shape index (κ3) is 4.99. The summed E-state index contributed by atoms with van der Waals surface area (Å²) in [6.07, 6.45) is -0.253. The Bertz CT molecular complexity index is 660. The maximum absolute atomic E-state index is 11.9. The molecule has 0 unspecified atom stereocenters. The lowest BCUT2D eigenvalue weighted by molar-refractivity contribution is -0.118. The minimum Gasteiger partial charge on any atom is -0.301 e. The van der Waals surface area contributed by atoms with Crippen molar-refractivity contribution in [3.05, 3.63) is 66.2 Å². The molecule has 0 saturated carbocycles. The number of carbonyl (C=O) groups excluding carboxylic acids is 2. The number of hydrogen-bond donors (Lipinski definition) is 3. The SMILES string of the molecule is O=C(CC(=O)c1ccccc1)NC(=S)NNc1ccccc1. The molecule has 6 heteroatoms. The number of para-hydroxylation sites is 1. The second kappa shape index (κ2) is 7.90. The van der Waals surface area contributed by atoms with Crippen molar-refractivity contribution in [2.24, 2.45) is 0 Å². The van der Waals surface area contributed by atoms with E-state index in [0.717, 1.165) is 5.69 Å². The zero-order valence-electron chi connectivity index (χ0n) is 11.7. The first-order chi connectivity index (χ1) is 10.6. The number of amides is 1. The Kier molecular flexibility index (Phi) is 5.62. The molecule has 1 amide bonds. The van der Waals surface area contributed by atoms with Crippen molar-refractivity contribution >= 4 is 34.7 Å². The Hall–Kier alpha value is -2.73. The van der Waals surface area contributed by atoms with Gasteiger partial charge in [0.1, 0.15) is 0 Å². The summed E-state index contributed by atoms with van der Waals surface area (Å²) in [6.45, 7) is 0. The highest BCUT2D eigenvalue weighted by Gasteiger charge is 2.12. The van der Waals surface area contributed by atoms with Gasteiger partial charge in [0.15, 0.2) is 10.9 Å². The number of thiocarbonyl (C=S) groups is 1. The monoisotopic (exact) mass is 313 g/mol. The number of benzene rings is 2. The third-order valence-electron chi connectivity index (χ3n) is 2.76. The molecule has 112 valence electrons. The molecular weight excluding hydrogens is 298 g/mol. The minimum absolute atomic E-state index is 0.106. The Morgan fingerprint density at radius 3 is 2.14 bits per heavy atom. The molecule has 0 aliphatic carbocycles. The molecule has 0 heterocycles. The van der Waals surface area contributed by atoms with Gasteiger partial charge in [-0.15, -0.1) is 0 Å². The molecule has 0 fully saturated rings. The van der Waals surface area contributed by atoms with E-state index in [1.165, 1.54) is 0 Å². The second-order valence-electron chi connectivity index (χ2n) is 4.46. The summed E-state index contributed by atoms with van der Waals surface area (Å²) in [7, 11) is 0. The van der Waals surface area contributed by atoms with Crippen LogP contribution in [0.4, 0.5) is 5.69 Å². The molecule has 2 aromatic rings. The normalized spacial score (nSPS) is 9.64. The highest BCUT2D eigenvalue weighted by atomic mass is 32.1. The van der Waals surface area contributed by atoms with Gasteiger partial charge < -0.3 is 5.32 Å². The number of anilines is 1. The average Bonchev–Trinajstić information content (AvgIpc) is 2.54. The van der Waals surface area contributed by atoms with Crippen molar-refractivity contribution in [2.75, 3.05) is 5.43 Å². The van der Waals surface area contributed by atoms with Crippen LogP contribution in [0.15, 0.2) is 60.7 Å². The molecule has 0 bridgehead atoms. The topological polar surface area (TPSA) is 70.2 Å². The van der Waals surface area contributed by atoms with Crippen molar-refractivity contribution in [3.63, 3.8) is 0 Å². The van der Waals surface area contributed by atoms with Crippen LogP contribution in [0.1, 0.15) is 16.8 Å².